The van der Waals surface area contributed by atoms with Crippen molar-refractivity contribution in [2.24, 2.45) is 5.92 Å². The topological polar surface area (TPSA) is 99.5 Å². The first-order valence-electron chi connectivity index (χ1n) is 12.9. The normalized spacial score (nSPS) is 20.1. The number of phenols is 1. The summed E-state index contributed by atoms with van der Waals surface area (Å²) in [6.07, 6.45) is 0.683. The van der Waals surface area contributed by atoms with Crippen LogP contribution < -0.4 is 4.74 Å². The predicted molar refractivity (Wildman–Crippen MR) is 141 cm³/mol. The number of aliphatic hydroxyl groups excluding tert-OH is 1. The lowest BCUT2D eigenvalue weighted by atomic mass is 9.93. The highest BCUT2D eigenvalue weighted by atomic mass is 16.5. The van der Waals surface area contributed by atoms with Crippen molar-refractivity contribution in [3.8, 4) is 11.5 Å². The number of ketones is 1. The molecule has 4 rings (SSSR count). The molecule has 0 bridgehead atoms. The van der Waals surface area contributed by atoms with Crippen LogP contribution in [0.25, 0.3) is 5.76 Å². The Bertz CT molecular complexity index is 1150. The highest BCUT2D eigenvalue weighted by Gasteiger charge is 2.46. The number of carbonyl (C=O) groups excluding carboxylic acids is 2. The fraction of sp³-hybridized carbons (Fsp3) is 0.448. The summed E-state index contributed by atoms with van der Waals surface area (Å²) < 4.78 is 11.2. The van der Waals surface area contributed by atoms with E-state index in [4.69, 9.17) is 9.47 Å². The van der Waals surface area contributed by atoms with Crippen LogP contribution in [0.1, 0.15) is 43.0 Å². The molecule has 0 aromatic heterocycles. The summed E-state index contributed by atoms with van der Waals surface area (Å²) in [5.74, 6) is -0.405. The molecule has 2 aliphatic heterocycles. The van der Waals surface area contributed by atoms with Gasteiger partial charge in [-0.05, 0) is 60.7 Å². The number of aryl methyl sites for hydroxylation is 1. The number of rotatable bonds is 9. The molecule has 2 saturated heterocycles. The third kappa shape index (κ3) is 6.14. The van der Waals surface area contributed by atoms with Crippen molar-refractivity contribution in [2.75, 3.05) is 46.0 Å². The zero-order valence-corrected chi connectivity index (χ0v) is 21.8. The minimum atomic E-state index is -0.749. The zero-order valence-electron chi connectivity index (χ0n) is 21.8. The largest absolute Gasteiger partial charge is 0.508 e. The van der Waals surface area contributed by atoms with Gasteiger partial charge in [0.2, 0.25) is 0 Å². The van der Waals surface area contributed by atoms with Crippen molar-refractivity contribution in [1.29, 1.82) is 0 Å². The summed E-state index contributed by atoms with van der Waals surface area (Å²) in [6.45, 7) is 10.8. The van der Waals surface area contributed by atoms with E-state index in [9.17, 15) is 19.8 Å². The van der Waals surface area contributed by atoms with Gasteiger partial charge in [0.25, 0.3) is 11.7 Å². The van der Waals surface area contributed by atoms with Gasteiger partial charge < -0.3 is 24.6 Å². The maximum atomic E-state index is 13.3. The number of carbonyl (C=O) groups is 2. The van der Waals surface area contributed by atoms with Crippen molar-refractivity contribution in [3.63, 3.8) is 0 Å². The summed E-state index contributed by atoms with van der Waals surface area (Å²) in [4.78, 5) is 30.3. The molecular formula is C29H36N2O6. The Kier molecular flexibility index (Phi) is 8.51. The molecule has 1 atom stereocenters. The van der Waals surface area contributed by atoms with Crippen LogP contribution in [0, 0.1) is 12.8 Å². The standard InChI is InChI=1S/C29H36N2O6/c1-19(2)18-37-23-9-10-24(20(3)17-23)27(33)25-26(21-5-7-22(32)8-6-21)31(29(35)28(25)34)12-4-11-30-13-15-36-16-14-30/h5-10,17,19,26,32-33H,4,11-16,18H2,1-3H3/t26-/m1/s1. The third-order valence-corrected chi connectivity index (χ3v) is 6.76. The van der Waals surface area contributed by atoms with Crippen LogP contribution in [0.4, 0.5) is 0 Å². The second-order valence-electron chi connectivity index (χ2n) is 10.1. The Balaban J connectivity index is 1.65. The number of ether oxygens (including phenoxy) is 2. The van der Waals surface area contributed by atoms with Gasteiger partial charge in [0.15, 0.2) is 0 Å². The molecule has 2 N–H and O–H groups in total. The Morgan fingerprint density at radius 3 is 2.43 bits per heavy atom. The Hall–Kier alpha value is -3.36. The average Bonchev–Trinajstić information content (AvgIpc) is 3.13. The number of phenolic OH excluding ortho intramolecular Hbond substituents is 1. The van der Waals surface area contributed by atoms with Gasteiger partial charge in [0.05, 0.1) is 31.4 Å². The molecule has 2 heterocycles. The van der Waals surface area contributed by atoms with Crippen LogP contribution in [0.3, 0.4) is 0 Å². The van der Waals surface area contributed by atoms with E-state index in [2.05, 4.69) is 18.7 Å². The fourth-order valence-electron chi connectivity index (χ4n) is 4.80. The second-order valence-corrected chi connectivity index (χ2v) is 10.1. The van der Waals surface area contributed by atoms with E-state index in [1.165, 1.54) is 17.0 Å². The summed E-state index contributed by atoms with van der Waals surface area (Å²) >= 11 is 0. The van der Waals surface area contributed by atoms with Crippen LogP contribution >= 0.6 is 0 Å². The van der Waals surface area contributed by atoms with Crippen LogP contribution in [0.15, 0.2) is 48.0 Å². The monoisotopic (exact) mass is 508 g/mol. The number of nitrogens with zero attached hydrogens (tertiary/aromatic N) is 2. The van der Waals surface area contributed by atoms with Gasteiger partial charge in [-0.25, -0.2) is 0 Å². The van der Waals surface area contributed by atoms with E-state index in [1.54, 1.807) is 24.3 Å². The molecule has 8 nitrogen and oxygen atoms in total. The molecule has 2 aliphatic rings. The van der Waals surface area contributed by atoms with E-state index in [0.717, 1.165) is 25.2 Å². The van der Waals surface area contributed by atoms with Gasteiger partial charge in [0, 0.05) is 31.7 Å². The average molecular weight is 509 g/mol. The fourth-order valence-corrected chi connectivity index (χ4v) is 4.80. The number of aliphatic hydroxyl groups is 1. The van der Waals surface area contributed by atoms with E-state index in [-0.39, 0.29) is 17.1 Å². The van der Waals surface area contributed by atoms with E-state index in [1.807, 2.05) is 13.0 Å². The molecule has 2 aromatic rings. The van der Waals surface area contributed by atoms with Gasteiger partial charge in [-0.15, -0.1) is 0 Å². The molecule has 198 valence electrons. The van der Waals surface area contributed by atoms with Crippen molar-refractivity contribution in [1.82, 2.24) is 9.80 Å². The lowest BCUT2D eigenvalue weighted by molar-refractivity contribution is -0.140. The number of amides is 1. The van der Waals surface area contributed by atoms with Gasteiger partial charge >= 0.3 is 0 Å². The minimum absolute atomic E-state index is 0.0565. The molecule has 0 unspecified atom stereocenters. The van der Waals surface area contributed by atoms with Crippen LogP contribution in [-0.4, -0.2) is 77.7 Å². The predicted octanol–water partition coefficient (Wildman–Crippen LogP) is 3.88. The third-order valence-electron chi connectivity index (χ3n) is 6.76. The van der Waals surface area contributed by atoms with E-state index >= 15 is 0 Å². The van der Waals surface area contributed by atoms with Gasteiger partial charge in [0.1, 0.15) is 17.3 Å². The SMILES string of the molecule is Cc1cc(OCC(C)C)ccc1C(O)=C1C(=O)C(=O)N(CCCN2CCOCC2)[C@@H]1c1ccc(O)cc1. The lowest BCUT2D eigenvalue weighted by Crippen LogP contribution is -2.38. The number of hydrogen-bond acceptors (Lipinski definition) is 7. The van der Waals surface area contributed by atoms with Crippen molar-refractivity contribution in [3.05, 3.63) is 64.7 Å². The van der Waals surface area contributed by atoms with Crippen molar-refractivity contribution in [2.45, 2.75) is 33.2 Å². The van der Waals surface area contributed by atoms with Gasteiger partial charge in [-0.3, -0.25) is 14.5 Å². The summed E-state index contributed by atoms with van der Waals surface area (Å²) in [6, 6.07) is 11.0. The molecule has 0 saturated carbocycles. The summed E-state index contributed by atoms with van der Waals surface area (Å²) in [5, 5.41) is 21.2. The summed E-state index contributed by atoms with van der Waals surface area (Å²) in [7, 11) is 0. The van der Waals surface area contributed by atoms with E-state index in [0.29, 0.717) is 55.6 Å². The quantitative estimate of drug-likeness (QED) is 0.301. The number of morpholine rings is 1. The smallest absolute Gasteiger partial charge is 0.295 e. The highest BCUT2D eigenvalue weighted by Crippen LogP contribution is 2.40. The molecule has 0 aliphatic carbocycles. The second kappa shape index (κ2) is 11.8. The molecule has 1 amide bonds. The Morgan fingerprint density at radius 2 is 1.78 bits per heavy atom. The van der Waals surface area contributed by atoms with Gasteiger partial charge in [-0.1, -0.05) is 26.0 Å². The molecule has 0 radical (unpaired) electrons. The first-order chi connectivity index (χ1) is 17.8. The lowest BCUT2D eigenvalue weighted by Gasteiger charge is -2.29. The van der Waals surface area contributed by atoms with Crippen LogP contribution in [0.5, 0.6) is 11.5 Å². The first-order valence-corrected chi connectivity index (χ1v) is 12.9. The first kappa shape index (κ1) is 26.7. The molecule has 8 heteroatoms. The number of hydrogen-bond donors (Lipinski definition) is 2. The van der Waals surface area contributed by atoms with Gasteiger partial charge in [-0.2, -0.15) is 0 Å². The van der Waals surface area contributed by atoms with Crippen molar-refractivity contribution >= 4 is 17.4 Å². The van der Waals surface area contributed by atoms with Crippen LogP contribution in [-0.2, 0) is 14.3 Å². The van der Waals surface area contributed by atoms with E-state index < -0.39 is 17.7 Å². The minimum Gasteiger partial charge on any atom is -0.508 e. The Morgan fingerprint density at radius 1 is 1.08 bits per heavy atom. The molecular weight excluding hydrogens is 472 g/mol. The number of benzene rings is 2. The highest BCUT2D eigenvalue weighted by molar-refractivity contribution is 6.46. The maximum Gasteiger partial charge on any atom is 0.295 e. The number of aromatic hydroxyl groups is 1. The number of Topliss-reactive ketones (excluding diaryl/α,β-unsaturated/α-hetero) is 1. The Labute approximate surface area is 218 Å². The maximum absolute atomic E-state index is 13.3. The summed E-state index contributed by atoms with van der Waals surface area (Å²) in [5.41, 5.74) is 1.93. The molecule has 2 fully saturated rings. The zero-order chi connectivity index (χ0) is 26.5. The molecule has 37 heavy (non-hydrogen) atoms. The van der Waals surface area contributed by atoms with Crippen molar-refractivity contribution < 1.29 is 29.3 Å². The molecule has 0 spiro atoms. The van der Waals surface area contributed by atoms with Crippen LogP contribution in [0.2, 0.25) is 0 Å². The number of likely N-dealkylation sites (tertiary alicyclic amines) is 1. The molecule has 2 aromatic carbocycles.